The number of hydrogen-bond acceptors (Lipinski definition) is 4. The zero-order valence-corrected chi connectivity index (χ0v) is 15.7. The Bertz CT molecular complexity index is 741. The first-order valence-electron chi connectivity index (χ1n) is 9.51. The van der Waals surface area contributed by atoms with Crippen LogP contribution in [-0.4, -0.2) is 54.6 Å². The standard InChI is InChI=1S/C21H26N2O4/c1-25-18-6-4-17(5-7-18)19(22-10-2-3-11-22)16-20(24)23-12-8-21(9-13-23)26-14-15-27-21/h2-7,10-11,19H,8-9,12-16H2,1H3/t19-/m1/s1. The van der Waals surface area contributed by atoms with Gasteiger partial charge in [-0.15, -0.1) is 0 Å². The molecule has 1 aromatic carbocycles. The number of amides is 1. The van der Waals surface area contributed by atoms with Crippen LogP contribution in [0.15, 0.2) is 48.8 Å². The van der Waals surface area contributed by atoms with Gasteiger partial charge in [0.05, 0.1) is 32.8 Å². The van der Waals surface area contributed by atoms with Gasteiger partial charge in [-0.3, -0.25) is 4.79 Å². The van der Waals surface area contributed by atoms with Crippen LogP contribution in [-0.2, 0) is 14.3 Å². The van der Waals surface area contributed by atoms with Gasteiger partial charge in [0.2, 0.25) is 5.91 Å². The second kappa shape index (κ2) is 7.74. The number of nitrogens with zero attached hydrogens (tertiary/aromatic N) is 2. The number of benzene rings is 1. The average Bonchev–Trinajstić information content (AvgIpc) is 3.39. The van der Waals surface area contributed by atoms with Crippen molar-refractivity contribution >= 4 is 5.91 Å². The molecule has 6 nitrogen and oxygen atoms in total. The molecule has 0 N–H and O–H groups in total. The number of rotatable bonds is 5. The minimum Gasteiger partial charge on any atom is -0.497 e. The summed E-state index contributed by atoms with van der Waals surface area (Å²) in [5.74, 6) is 0.527. The summed E-state index contributed by atoms with van der Waals surface area (Å²) in [4.78, 5) is 15.0. The number of methoxy groups -OCH3 is 1. The third kappa shape index (κ3) is 3.87. The van der Waals surface area contributed by atoms with Gasteiger partial charge in [-0.1, -0.05) is 12.1 Å². The Morgan fingerprint density at radius 3 is 2.33 bits per heavy atom. The summed E-state index contributed by atoms with van der Waals surface area (Å²) in [7, 11) is 1.66. The topological polar surface area (TPSA) is 52.9 Å². The van der Waals surface area contributed by atoms with Crippen LogP contribution in [0.25, 0.3) is 0 Å². The first-order valence-corrected chi connectivity index (χ1v) is 9.51. The van der Waals surface area contributed by atoms with Gasteiger partial charge in [-0.25, -0.2) is 0 Å². The molecule has 0 unspecified atom stereocenters. The Morgan fingerprint density at radius 1 is 1.11 bits per heavy atom. The van der Waals surface area contributed by atoms with Crippen molar-refractivity contribution in [3.8, 4) is 5.75 Å². The van der Waals surface area contributed by atoms with Crippen LogP contribution < -0.4 is 4.74 Å². The van der Waals surface area contributed by atoms with E-state index in [9.17, 15) is 4.79 Å². The molecule has 27 heavy (non-hydrogen) atoms. The summed E-state index contributed by atoms with van der Waals surface area (Å²) in [6, 6.07) is 11.9. The van der Waals surface area contributed by atoms with Gasteiger partial charge >= 0.3 is 0 Å². The highest BCUT2D eigenvalue weighted by molar-refractivity contribution is 5.77. The van der Waals surface area contributed by atoms with Crippen LogP contribution in [0.3, 0.4) is 0 Å². The Labute approximate surface area is 159 Å². The smallest absolute Gasteiger partial charge is 0.225 e. The maximum absolute atomic E-state index is 13.0. The summed E-state index contributed by atoms with van der Waals surface area (Å²) >= 11 is 0. The highest BCUT2D eigenvalue weighted by Crippen LogP contribution is 2.32. The third-order valence-corrected chi connectivity index (χ3v) is 5.55. The van der Waals surface area contributed by atoms with E-state index in [0.29, 0.717) is 32.7 Å². The number of carbonyl (C=O) groups is 1. The number of piperidine rings is 1. The number of likely N-dealkylation sites (tertiary alicyclic amines) is 1. The quantitative estimate of drug-likeness (QED) is 0.812. The van der Waals surface area contributed by atoms with Gasteiger partial charge in [-0.05, 0) is 29.8 Å². The molecule has 2 aliphatic heterocycles. The van der Waals surface area contributed by atoms with Crippen LogP contribution in [0, 0.1) is 0 Å². The Balaban J connectivity index is 1.46. The summed E-state index contributed by atoms with van der Waals surface area (Å²) in [5.41, 5.74) is 1.09. The minimum atomic E-state index is -0.452. The monoisotopic (exact) mass is 370 g/mol. The van der Waals surface area contributed by atoms with Crippen molar-refractivity contribution in [1.82, 2.24) is 9.47 Å². The zero-order valence-electron chi connectivity index (χ0n) is 15.7. The molecular formula is C21H26N2O4. The first kappa shape index (κ1) is 18.1. The second-order valence-corrected chi connectivity index (χ2v) is 7.11. The molecule has 1 atom stereocenters. The molecule has 0 radical (unpaired) electrons. The van der Waals surface area contributed by atoms with Crippen LogP contribution in [0.4, 0.5) is 0 Å². The number of carbonyl (C=O) groups excluding carboxylic acids is 1. The molecule has 1 aromatic heterocycles. The summed E-state index contributed by atoms with van der Waals surface area (Å²) in [6.45, 7) is 2.67. The van der Waals surface area contributed by atoms with Crippen LogP contribution in [0.1, 0.15) is 30.9 Å². The molecule has 2 saturated heterocycles. The molecule has 4 rings (SSSR count). The summed E-state index contributed by atoms with van der Waals surface area (Å²) < 4.78 is 18.9. The molecule has 2 aromatic rings. The fourth-order valence-electron chi connectivity index (χ4n) is 3.95. The lowest BCUT2D eigenvalue weighted by molar-refractivity contribution is -0.187. The largest absolute Gasteiger partial charge is 0.497 e. The van der Waals surface area contributed by atoms with E-state index in [1.165, 1.54) is 0 Å². The molecule has 6 heteroatoms. The van der Waals surface area contributed by atoms with Crippen molar-refractivity contribution in [2.45, 2.75) is 31.1 Å². The van der Waals surface area contributed by atoms with E-state index in [0.717, 1.165) is 24.2 Å². The predicted octanol–water partition coefficient (Wildman–Crippen LogP) is 2.84. The molecule has 144 valence electrons. The van der Waals surface area contributed by atoms with Gasteiger partial charge in [-0.2, -0.15) is 0 Å². The maximum atomic E-state index is 13.0. The van der Waals surface area contributed by atoms with Gasteiger partial charge < -0.3 is 23.7 Å². The van der Waals surface area contributed by atoms with Crippen LogP contribution in [0.5, 0.6) is 5.75 Å². The Hall–Kier alpha value is -2.31. The Morgan fingerprint density at radius 2 is 1.74 bits per heavy atom. The number of hydrogen-bond donors (Lipinski definition) is 0. The van der Waals surface area contributed by atoms with Crippen molar-refractivity contribution in [2.24, 2.45) is 0 Å². The van der Waals surface area contributed by atoms with Crippen molar-refractivity contribution < 1.29 is 19.0 Å². The second-order valence-electron chi connectivity index (χ2n) is 7.11. The fourth-order valence-corrected chi connectivity index (χ4v) is 3.95. The molecule has 0 aliphatic carbocycles. The van der Waals surface area contributed by atoms with Crippen LogP contribution >= 0.6 is 0 Å². The molecule has 2 fully saturated rings. The lowest BCUT2D eigenvalue weighted by Crippen LogP contribution is -2.47. The third-order valence-electron chi connectivity index (χ3n) is 5.55. The van der Waals surface area contributed by atoms with Gasteiger partial charge in [0.15, 0.2) is 5.79 Å². The average molecular weight is 370 g/mol. The maximum Gasteiger partial charge on any atom is 0.225 e. The van der Waals surface area contributed by atoms with Crippen molar-refractivity contribution in [1.29, 1.82) is 0 Å². The Kier molecular flexibility index (Phi) is 5.18. The first-order chi connectivity index (χ1) is 13.2. The van der Waals surface area contributed by atoms with Crippen molar-refractivity contribution in [2.75, 3.05) is 33.4 Å². The lowest BCUT2D eigenvalue weighted by atomic mass is 10.00. The molecule has 3 heterocycles. The van der Waals surface area contributed by atoms with E-state index in [2.05, 4.69) is 4.57 Å². The molecule has 2 aliphatic rings. The summed E-state index contributed by atoms with van der Waals surface area (Å²) in [6.07, 6.45) is 5.93. The SMILES string of the molecule is COc1ccc([C@@H](CC(=O)N2CCC3(CC2)OCCO3)n2cccc2)cc1. The molecule has 0 bridgehead atoms. The van der Waals surface area contributed by atoms with E-state index < -0.39 is 5.79 Å². The normalized spacial score (nSPS) is 20.0. The van der Waals surface area contributed by atoms with Crippen molar-refractivity contribution in [3.63, 3.8) is 0 Å². The highest BCUT2D eigenvalue weighted by atomic mass is 16.7. The molecule has 1 spiro atoms. The predicted molar refractivity (Wildman–Crippen MR) is 101 cm³/mol. The van der Waals surface area contributed by atoms with E-state index in [1.807, 2.05) is 53.7 Å². The molecule has 1 amide bonds. The van der Waals surface area contributed by atoms with Gasteiger partial charge in [0.1, 0.15) is 5.75 Å². The fraction of sp³-hybridized carbons (Fsp3) is 0.476. The molecule has 0 saturated carbocycles. The number of ether oxygens (including phenoxy) is 3. The number of aromatic nitrogens is 1. The van der Waals surface area contributed by atoms with Crippen molar-refractivity contribution in [3.05, 3.63) is 54.4 Å². The molecular weight excluding hydrogens is 344 g/mol. The summed E-state index contributed by atoms with van der Waals surface area (Å²) in [5, 5.41) is 0. The lowest BCUT2D eigenvalue weighted by Gasteiger charge is -2.38. The van der Waals surface area contributed by atoms with E-state index in [1.54, 1.807) is 7.11 Å². The van der Waals surface area contributed by atoms with Gasteiger partial charge in [0, 0.05) is 38.3 Å². The zero-order chi connectivity index (χ0) is 18.7. The van der Waals surface area contributed by atoms with E-state index in [4.69, 9.17) is 14.2 Å². The van der Waals surface area contributed by atoms with Gasteiger partial charge in [0.25, 0.3) is 0 Å². The van der Waals surface area contributed by atoms with E-state index >= 15 is 0 Å². The van der Waals surface area contributed by atoms with E-state index in [-0.39, 0.29) is 11.9 Å². The minimum absolute atomic E-state index is 0.0340. The van der Waals surface area contributed by atoms with Crippen LogP contribution in [0.2, 0.25) is 0 Å². The highest BCUT2D eigenvalue weighted by Gasteiger charge is 2.40.